The maximum atomic E-state index is 4.62. The van der Waals surface area contributed by atoms with E-state index in [4.69, 9.17) is 0 Å². The van der Waals surface area contributed by atoms with E-state index in [1.165, 1.54) is 22.4 Å². The van der Waals surface area contributed by atoms with Gasteiger partial charge >= 0.3 is 0 Å². The summed E-state index contributed by atoms with van der Waals surface area (Å²) < 4.78 is 0. The van der Waals surface area contributed by atoms with Gasteiger partial charge in [-0.2, -0.15) is 0 Å². The maximum Gasteiger partial charge on any atom is 0.0898 e. The molecular weight excluding hydrogens is 252 g/mol. The fourth-order valence-corrected chi connectivity index (χ4v) is 2.90. The average molecular weight is 274 g/mol. The van der Waals surface area contributed by atoms with Crippen LogP contribution >= 0.6 is 11.3 Å². The molecule has 1 unspecified atom stereocenters. The number of aryl methyl sites for hydroxylation is 3. The van der Waals surface area contributed by atoms with Crippen molar-refractivity contribution in [2.75, 3.05) is 6.54 Å². The third-order valence-corrected chi connectivity index (χ3v) is 4.25. The molecule has 0 aliphatic carbocycles. The minimum Gasteiger partial charge on any atom is -0.309 e. The zero-order valence-corrected chi connectivity index (χ0v) is 13.0. The van der Waals surface area contributed by atoms with E-state index in [1.54, 1.807) is 11.3 Å². The van der Waals surface area contributed by atoms with Gasteiger partial charge in [-0.1, -0.05) is 25.1 Å². The Balaban J connectivity index is 2.18. The van der Waals surface area contributed by atoms with E-state index in [-0.39, 0.29) is 0 Å². The van der Waals surface area contributed by atoms with E-state index in [2.05, 4.69) is 61.6 Å². The molecule has 2 aromatic rings. The summed E-state index contributed by atoms with van der Waals surface area (Å²) in [5.41, 5.74) is 5.26. The minimum absolute atomic E-state index is 0.317. The van der Waals surface area contributed by atoms with Gasteiger partial charge in [0.1, 0.15) is 0 Å². The molecule has 1 N–H and O–H groups in total. The largest absolute Gasteiger partial charge is 0.309 e. The molecule has 0 fully saturated rings. The number of nitrogens with one attached hydrogen (secondary N) is 1. The normalized spacial score (nSPS) is 12.6. The van der Waals surface area contributed by atoms with Crippen molar-refractivity contribution in [3.63, 3.8) is 0 Å². The molecule has 0 saturated carbocycles. The van der Waals surface area contributed by atoms with Crippen molar-refractivity contribution in [2.45, 2.75) is 40.2 Å². The maximum absolute atomic E-state index is 4.62. The molecule has 2 rings (SSSR count). The van der Waals surface area contributed by atoms with Gasteiger partial charge in [-0.3, -0.25) is 0 Å². The Hall–Kier alpha value is -1.19. The summed E-state index contributed by atoms with van der Waals surface area (Å²) in [5, 5.41) is 6.85. The lowest BCUT2D eigenvalue weighted by atomic mass is 9.99. The van der Waals surface area contributed by atoms with Gasteiger partial charge in [0.2, 0.25) is 0 Å². The highest BCUT2D eigenvalue weighted by Gasteiger charge is 2.14. The van der Waals surface area contributed by atoms with E-state index in [0.29, 0.717) is 6.04 Å². The summed E-state index contributed by atoms with van der Waals surface area (Å²) >= 11 is 1.72. The number of aromatic nitrogens is 1. The number of benzene rings is 1. The predicted octanol–water partition coefficient (Wildman–Crippen LogP) is 3.96. The van der Waals surface area contributed by atoms with E-state index < -0.39 is 0 Å². The second kappa shape index (κ2) is 6.31. The fraction of sp³-hybridized carbons (Fsp3) is 0.438. The first-order chi connectivity index (χ1) is 9.10. The lowest BCUT2D eigenvalue weighted by molar-refractivity contribution is 0.538. The Morgan fingerprint density at radius 2 is 2.00 bits per heavy atom. The van der Waals surface area contributed by atoms with Gasteiger partial charge < -0.3 is 5.32 Å². The summed E-state index contributed by atoms with van der Waals surface area (Å²) in [6.45, 7) is 9.50. The monoisotopic (exact) mass is 274 g/mol. The summed E-state index contributed by atoms with van der Waals surface area (Å²) in [5.74, 6) is 0. The molecule has 2 nitrogen and oxygen atoms in total. The molecular formula is C16H22N2S. The van der Waals surface area contributed by atoms with Crippen molar-refractivity contribution in [3.8, 4) is 0 Å². The van der Waals surface area contributed by atoms with Gasteiger partial charge in [0.25, 0.3) is 0 Å². The summed E-state index contributed by atoms with van der Waals surface area (Å²) in [6.07, 6.45) is 0.998. The first-order valence-corrected chi connectivity index (χ1v) is 7.69. The zero-order chi connectivity index (χ0) is 13.8. The van der Waals surface area contributed by atoms with Crippen LogP contribution < -0.4 is 5.32 Å². The highest BCUT2D eigenvalue weighted by atomic mass is 32.1. The number of hydrogen-bond donors (Lipinski definition) is 1. The van der Waals surface area contributed by atoms with Crippen LogP contribution in [0.3, 0.4) is 0 Å². The molecule has 0 aliphatic heterocycles. The molecule has 1 atom stereocenters. The molecule has 0 saturated heterocycles. The summed E-state index contributed by atoms with van der Waals surface area (Å²) in [6, 6.07) is 7.04. The zero-order valence-electron chi connectivity index (χ0n) is 12.2. The Morgan fingerprint density at radius 1 is 1.21 bits per heavy atom. The van der Waals surface area contributed by atoms with Crippen molar-refractivity contribution in [1.29, 1.82) is 0 Å². The van der Waals surface area contributed by atoms with Crippen molar-refractivity contribution < 1.29 is 0 Å². The van der Waals surface area contributed by atoms with Crippen LogP contribution in [0.25, 0.3) is 0 Å². The van der Waals surface area contributed by atoms with Crippen LogP contribution in [0, 0.1) is 20.8 Å². The van der Waals surface area contributed by atoms with Crippen LogP contribution in [-0.4, -0.2) is 11.5 Å². The molecule has 102 valence electrons. The molecule has 0 radical (unpaired) electrons. The van der Waals surface area contributed by atoms with Crippen molar-refractivity contribution in [3.05, 3.63) is 51.0 Å². The van der Waals surface area contributed by atoms with E-state index in [0.717, 1.165) is 18.0 Å². The van der Waals surface area contributed by atoms with Crippen LogP contribution in [0.1, 0.15) is 40.4 Å². The van der Waals surface area contributed by atoms with Crippen LogP contribution in [-0.2, 0) is 6.42 Å². The number of hydrogen-bond acceptors (Lipinski definition) is 3. The van der Waals surface area contributed by atoms with E-state index >= 15 is 0 Å². The molecule has 0 aliphatic rings. The molecule has 0 spiro atoms. The van der Waals surface area contributed by atoms with Gasteiger partial charge in [-0.15, -0.1) is 11.3 Å². The Labute approximate surface area is 119 Å². The third kappa shape index (κ3) is 3.64. The van der Waals surface area contributed by atoms with Crippen LogP contribution in [0.4, 0.5) is 0 Å². The van der Waals surface area contributed by atoms with E-state index in [1.807, 2.05) is 0 Å². The Kier molecular flexibility index (Phi) is 4.72. The van der Waals surface area contributed by atoms with Gasteiger partial charge in [-0.25, -0.2) is 4.98 Å². The van der Waals surface area contributed by atoms with Crippen molar-refractivity contribution >= 4 is 11.3 Å². The number of nitrogens with zero attached hydrogens (tertiary/aromatic N) is 1. The second-order valence-corrected chi connectivity index (χ2v) is 6.09. The molecule has 3 heteroatoms. The van der Waals surface area contributed by atoms with Crippen molar-refractivity contribution in [1.82, 2.24) is 10.3 Å². The predicted molar refractivity (Wildman–Crippen MR) is 82.9 cm³/mol. The van der Waals surface area contributed by atoms with Gasteiger partial charge in [0.15, 0.2) is 0 Å². The quantitative estimate of drug-likeness (QED) is 0.892. The SMILES string of the molecule is CCNC(Cc1ccc(C)c(C)c1)c1csc(C)n1. The molecule has 1 aromatic carbocycles. The third-order valence-electron chi connectivity index (χ3n) is 3.46. The number of thiazole rings is 1. The van der Waals surface area contributed by atoms with Crippen LogP contribution in [0.5, 0.6) is 0 Å². The topological polar surface area (TPSA) is 24.9 Å². The second-order valence-electron chi connectivity index (χ2n) is 5.02. The lowest BCUT2D eigenvalue weighted by Crippen LogP contribution is -2.23. The molecule has 0 amide bonds. The smallest absolute Gasteiger partial charge is 0.0898 e. The molecule has 19 heavy (non-hydrogen) atoms. The highest BCUT2D eigenvalue weighted by molar-refractivity contribution is 7.09. The van der Waals surface area contributed by atoms with Crippen LogP contribution in [0.15, 0.2) is 23.6 Å². The fourth-order valence-electron chi connectivity index (χ4n) is 2.23. The first-order valence-electron chi connectivity index (χ1n) is 6.81. The van der Waals surface area contributed by atoms with Crippen molar-refractivity contribution in [2.24, 2.45) is 0 Å². The van der Waals surface area contributed by atoms with E-state index in [9.17, 15) is 0 Å². The number of rotatable bonds is 5. The van der Waals surface area contributed by atoms with Gasteiger partial charge in [0.05, 0.1) is 16.7 Å². The summed E-state index contributed by atoms with van der Waals surface area (Å²) in [7, 11) is 0. The van der Waals surface area contributed by atoms with Gasteiger partial charge in [0, 0.05) is 5.38 Å². The molecule has 1 aromatic heterocycles. The van der Waals surface area contributed by atoms with Gasteiger partial charge in [-0.05, 0) is 50.4 Å². The standard InChI is InChI=1S/C16H22N2S/c1-5-17-15(16-10-19-13(4)18-16)9-14-7-6-11(2)12(3)8-14/h6-8,10,15,17H,5,9H2,1-4H3. The first kappa shape index (κ1) is 14.2. The Morgan fingerprint density at radius 3 is 2.58 bits per heavy atom. The minimum atomic E-state index is 0.317. The number of likely N-dealkylation sites (N-methyl/N-ethyl adjacent to an activating group) is 1. The summed E-state index contributed by atoms with van der Waals surface area (Å²) in [4.78, 5) is 4.62. The Bertz CT molecular complexity index is 545. The average Bonchev–Trinajstić information content (AvgIpc) is 2.80. The molecule has 1 heterocycles. The molecule has 0 bridgehead atoms. The lowest BCUT2D eigenvalue weighted by Gasteiger charge is -2.16. The highest BCUT2D eigenvalue weighted by Crippen LogP contribution is 2.21. The van der Waals surface area contributed by atoms with Crippen LogP contribution in [0.2, 0.25) is 0 Å².